The van der Waals surface area contributed by atoms with Crippen molar-refractivity contribution in [2.45, 2.75) is 25.7 Å². The Balaban J connectivity index is 1.73. The Morgan fingerprint density at radius 2 is 1.96 bits per heavy atom. The molecule has 2 N–H and O–H groups in total. The predicted octanol–water partition coefficient (Wildman–Crippen LogP) is 2.90. The number of methoxy groups -OCH3 is 1. The Labute approximate surface area is 169 Å². The molecule has 1 fully saturated rings. The summed E-state index contributed by atoms with van der Waals surface area (Å²) in [6.45, 7) is 3.93. The summed E-state index contributed by atoms with van der Waals surface area (Å²) in [7, 11) is 1.58. The number of ether oxygens (including phenoxy) is 1. The lowest BCUT2D eigenvalue weighted by Gasteiger charge is -2.25. The average Bonchev–Trinajstić information content (AvgIpc) is 2.71. The molecular formula is C20H26N4O3S. The molecule has 1 aromatic carbocycles. The van der Waals surface area contributed by atoms with Crippen molar-refractivity contribution >= 4 is 18.4 Å². The van der Waals surface area contributed by atoms with Gasteiger partial charge in [-0.25, -0.2) is 0 Å². The number of benzene rings is 1. The van der Waals surface area contributed by atoms with Crippen LogP contribution in [-0.2, 0) is 0 Å². The van der Waals surface area contributed by atoms with E-state index < -0.39 is 5.56 Å². The summed E-state index contributed by atoms with van der Waals surface area (Å²) >= 11 is 5.22. The minimum absolute atomic E-state index is 0.0994. The fourth-order valence-electron chi connectivity index (χ4n) is 3.35. The van der Waals surface area contributed by atoms with Crippen molar-refractivity contribution in [1.82, 2.24) is 14.5 Å². The number of H-pyrrole nitrogens is 1. The molecule has 0 radical (unpaired) electrons. The van der Waals surface area contributed by atoms with Gasteiger partial charge in [-0.15, -0.1) is 0 Å². The molecular weight excluding hydrogens is 376 g/mol. The molecule has 0 aliphatic carbocycles. The zero-order valence-electron chi connectivity index (χ0n) is 16.1. The van der Waals surface area contributed by atoms with Crippen molar-refractivity contribution in [1.29, 1.82) is 0 Å². The first-order valence-corrected chi connectivity index (χ1v) is 9.96. The van der Waals surface area contributed by atoms with Gasteiger partial charge in [-0.1, -0.05) is 6.42 Å². The van der Waals surface area contributed by atoms with E-state index in [0.29, 0.717) is 18.0 Å². The zero-order valence-corrected chi connectivity index (χ0v) is 16.9. The SMILES string of the molecule is COc1ccc(-n2c(O)c(C=NCCCN3CCCCC3)c(=O)[nH]c2=S)cc1. The molecule has 2 heterocycles. The molecule has 1 aliphatic heterocycles. The lowest BCUT2D eigenvalue weighted by atomic mass is 10.1. The summed E-state index contributed by atoms with van der Waals surface area (Å²) in [4.78, 5) is 21.6. The lowest BCUT2D eigenvalue weighted by molar-refractivity contribution is 0.228. The van der Waals surface area contributed by atoms with Crippen LogP contribution in [0.25, 0.3) is 5.69 Å². The van der Waals surface area contributed by atoms with E-state index in [1.807, 2.05) is 0 Å². The number of piperidine rings is 1. The van der Waals surface area contributed by atoms with Crippen LogP contribution in [0.1, 0.15) is 31.2 Å². The topological polar surface area (TPSA) is 82.8 Å². The van der Waals surface area contributed by atoms with E-state index in [1.54, 1.807) is 31.4 Å². The molecule has 0 atom stereocenters. The number of aromatic hydroxyl groups is 1. The van der Waals surface area contributed by atoms with Crippen molar-refractivity contribution in [3.8, 4) is 17.3 Å². The number of nitrogens with zero attached hydrogens (tertiary/aromatic N) is 3. The maximum absolute atomic E-state index is 12.2. The maximum atomic E-state index is 12.2. The van der Waals surface area contributed by atoms with Crippen LogP contribution in [0.15, 0.2) is 34.1 Å². The molecule has 8 heteroatoms. The van der Waals surface area contributed by atoms with Crippen LogP contribution in [0, 0.1) is 4.77 Å². The summed E-state index contributed by atoms with van der Waals surface area (Å²) in [6.07, 6.45) is 6.21. The quantitative estimate of drug-likeness (QED) is 0.423. The van der Waals surface area contributed by atoms with E-state index >= 15 is 0 Å². The van der Waals surface area contributed by atoms with E-state index in [1.165, 1.54) is 30.0 Å². The molecule has 150 valence electrons. The summed E-state index contributed by atoms with van der Waals surface area (Å²) in [5, 5.41) is 10.6. The molecule has 0 bridgehead atoms. The first-order valence-electron chi connectivity index (χ1n) is 9.55. The van der Waals surface area contributed by atoms with Crippen LogP contribution in [0.4, 0.5) is 0 Å². The monoisotopic (exact) mass is 402 g/mol. The normalized spacial score (nSPS) is 15.2. The van der Waals surface area contributed by atoms with Crippen LogP contribution < -0.4 is 10.3 Å². The van der Waals surface area contributed by atoms with Gasteiger partial charge in [0, 0.05) is 12.8 Å². The molecule has 7 nitrogen and oxygen atoms in total. The lowest BCUT2D eigenvalue weighted by Crippen LogP contribution is -2.30. The smallest absolute Gasteiger partial charge is 0.264 e. The third kappa shape index (κ3) is 4.88. The van der Waals surface area contributed by atoms with E-state index in [-0.39, 0.29) is 16.2 Å². The van der Waals surface area contributed by atoms with Gasteiger partial charge in [-0.05, 0) is 75.4 Å². The number of rotatable bonds is 7. The molecule has 28 heavy (non-hydrogen) atoms. The van der Waals surface area contributed by atoms with Crippen LogP contribution in [0.3, 0.4) is 0 Å². The first kappa shape index (κ1) is 20.3. The molecule has 0 saturated carbocycles. The number of aliphatic imine (C=N–C) groups is 1. The van der Waals surface area contributed by atoms with Gasteiger partial charge in [-0.2, -0.15) is 0 Å². The highest BCUT2D eigenvalue weighted by atomic mass is 32.1. The van der Waals surface area contributed by atoms with E-state index in [0.717, 1.165) is 26.1 Å². The van der Waals surface area contributed by atoms with Gasteiger partial charge in [0.2, 0.25) is 5.88 Å². The van der Waals surface area contributed by atoms with Gasteiger partial charge in [0.1, 0.15) is 11.3 Å². The number of hydrogen-bond acceptors (Lipinski definition) is 6. The zero-order chi connectivity index (χ0) is 19.9. The Morgan fingerprint density at radius 3 is 2.64 bits per heavy atom. The molecule has 3 rings (SSSR count). The second-order valence-corrected chi connectivity index (χ2v) is 7.21. The van der Waals surface area contributed by atoms with Gasteiger partial charge < -0.3 is 14.7 Å². The first-order chi connectivity index (χ1) is 13.6. The Bertz CT molecular complexity index is 928. The minimum Gasteiger partial charge on any atom is -0.497 e. The van der Waals surface area contributed by atoms with Gasteiger partial charge in [-0.3, -0.25) is 19.3 Å². The average molecular weight is 403 g/mol. The molecule has 0 spiro atoms. The highest BCUT2D eigenvalue weighted by Gasteiger charge is 2.13. The summed E-state index contributed by atoms with van der Waals surface area (Å²) in [6, 6.07) is 7.03. The third-order valence-electron chi connectivity index (χ3n) is 4.88. The van der Waals surface area contributed by atoms with Crippen molar-refractivity contribution in [3.05, 3.63) is 45.0 Å². The van der Waals surface area contributed by atoms with Crippen LogP contribution in [0.5, 0.6) is 11.6 Å². The minimum atomic E-state index is -0.452. The van der Waals surface area contributed by atoms with Crippen LogP contribution >= 0.6 is 12.2 Å². The molecule has 2 aromatic rings. The standard InChI is InChI=1S/C20H26N4O3S/c1-27-16-8-6-15(7-9-16)24-19(26)17(18(25)22-20(24)28)14-21-10-5-13-23-11-3-2-4-12-23/h6-9,14,26H,2-5,10-13H2,1H3,(H,22,25,28). The van der Waals surface area contributed by atoms with Crippen molar-refractivity contribution < 1.29 is 9.84 Å². The van der Waals surface area contributed by atoms with E-state index in [9.17, 15) is 9.90 Å². The second kappa shape index (κ2) is 9.66. The Kier molecular flexibility index (Phi) is 7.00. The number of aromatic nitrogens is 2. The van der Waals surface area contributed by atoms with Crippen LogP contribution in [-0.4, -0.2) is 59.1 Å². The fraction of sp³-hybridized carbons (Fsp3) is 0.450. The highest BCUT2D eigenvalue weighted by molar-refractivity contribution is 7.71. The molecule has 1 aromatic heterocycles. The summed E-state index contributed by atoms with van der Waals surface area (Å²) < 4.78 is 6.68. The summed E-state index contributed by atoms with van der Waals surface area (Å²) in [5.41, 5.74) is 0.272. The number of likely N-dealkylation sites (tertiary alicyclic amines) is 1. The largest absolute Gasteiger partial charge is 0.497 e. The van der Waals surface area contributed by atoms with Crippen LogP contribution in [0.2, 0.25) is 0 Å². The van der Waals surface area contributed by atoms with Crippen molar-refractivity contribution in [3.63, 3.8) is 0 Å². The number of aromatic amines is 1. The molecule has 1 saturated heterocycles. The highest BCUT2D eigenvalue weighted by Crippen LogP contribution is 2.21. The third-order valence-corrected chi connectivity index (χ3v) is 5.17. The maximum Gasteiger partial charge on any atom is 0.264 e. The van der Waals surface area contributed by atoms with E-state index in [4.69, 9.17) is 17.0 Å². The van der Waals surface area contributed by atoms with Crippen molar-refractivity contribution in [2.75, 3.05) is 33.3 Å². The van der Waals surface area contributed by atoms with Gasteiger partial charge >= 0.3 is 0 Å². The van der Waals surface area contributed by atoms with E-state index in [2.05, 4.69) is 14.9 Å². The Hall–Kier alpha value is -2.45. The predicted molar refractivity (Wildman–Crippen MR) is 113 cm³/mol. The van der Waals surface area contributed by atoms with Gasteiger partial charge in [0.25, 0.3) is 5.56 Å². The second-order valence-electron chi connectivity index (χ2n) is 6.82. The van der Waals surface area contributed by atoms with Gasteiger partial charge in [0.15, 0.2) is 4.77 Å². The Morgan fingerprint density at radius 1 is 1.25 bits per heavy atom. The number of hydrogen-bond donors (Lipinski definition) is 2. The fourth-order valence-corrected chi connectivity index (χ4v) is 3.63. The summed E-state index contributed by atoms with van der Waals surface area (Å²) in [5.74, 6) is 0.466. The molecule has 0 amide bonds. The molecule has 1 aliphatic rings. The van der Waals surface area contributed by atoms with Gasteiger partial charge in [0.05, 0.1) is 12.8 Å². The van der Waals surface area contributed by atoms with Crippen molar-refractivity contribution in [2.24, 2.45) is 4.99 Å². The molecule has 0 unspecified atom stereocenters. The number of nitrogens with one attached hydrogen (secondary N) is 1.